The molecule has 7 heteroatoms. The maximum atomic E-state index is 12.7. The summed E-state index contributed by atoms with van der Waals surface area (Å²) in [6.07, 6.45) is 4.10. The fraction of sp³-hybridized carbons (Fsp3) is 0.222. The van der Waals surface area contributed by atoms with Gasteiger partial charge in [-0.25, -0.2) is 4.98 Å². The molecule has 0 spiro atoms. The minimum Gasteiger partial charge on any atom is -0.348 e. The highest BCUT2D eigenvalue weighted by atomic mass is 16.5. The lowest BCUT2D eigenvalue weighted by atomic mass is 10.2. The Bertz CT molecular complexity index is 1090. The van der Waals surface area contributed by atoms with Gasteiger partial charge in [-0.15, -0.1) is 0 Å². The lowest BCUT2D eigenvalue weighted by Gasteiger charge is -2.00. The molecular weight excluding hydrogens is 318 g/mol. The molecule has 0 saturated heterocycles. The van der Waals surface area contributed by atoms with Crippen molar-refractivity contribution in [3.8, 4) is 0 Å². The molecule has 1 aliphatic carbocycles. The van der Waals surface area contributed by atoms with Crippen molar-refractivity contribution in [3.63, 3.8) is 0 Å². The Morgan fingerprint density at radius 3 is 2.92 bits per heavy atom. The van der Waals surface area contributed by atoms with Crippen LogP contribution in [0.1, 0.15) is 23.4 Å². The molecule has 1 aromatic carbocycles. The molecule has 1 aliphatic rings. The van der Waals surface area contributed by atoms with Gasteiger partial charge in [-0.1, -0.05) is 17.3 Å². The van der Waals surface area contributed by atoms with Gasteiger partial charge in [0.05, 0.1) is 10.9 Å². The van der Waals surface area contributed by atoms with E-state index in [0.717, 1.165) is 17.4 Å². The minimum atomic E-state index is -0.377. The van der Waals surface area contributed by atoms with E-state index >= 15 is 0 Å². The van der Waals surface area contributed by atoms with Crippen molar-refractivity contribution < 1.29 is 9.32 Å². The van der Waals surface area contributed by atoms with Crippen molar-refractivity contribution >= 4 is 33.7 Å². The van der Waals surface area contributed by atoms with Crippen LogP contribution in [0.15, 0.2) is 47.1 Å². The van der Waals surface area contributed by atoms with Crippen LogP contribution in [0.4, 0.5) is 5.82 Å². The number of pyridine rings is 1. The largest absolute Gasteiger partial charge is 0.348 e. The van der Waals surface area contributed by atoms with E-state index in [1.807, 2.05) is 28.9 Å². The van der Waals surface area contributed by atoms with Crippen molar-refractivity contribution in [2.24, 2.45) is 5.92 Å². The van der Waals surface area contributed by atoms with Gasteiger partial charge in [0.25, 0.3) is 5.91 Å². The van der Waals surface area contributed by atoms with Crippen molar-refractivity contribution in [1.29, 1.82) is 0 Å². The average molecular weight is 333 g/mol. The zero-order valence-electron chi connectivity index (χ0n) is 13.3. The monoisotopic (exact) mass is 333 g/mol. The maximum absolute atomic E-state index is 12.7. The third-order valence-electron chi connectivity index (χ3n) is 4.48. The number of para-hydroxylation sites is 1. The molecule has 1 N–H and O–H groups in total. The number of carbonyl (C=O) groups is 1. The molecule has 0 unspecified atom stereocenters. The van der Waals surface area contributed by atoms with Gasteiger partial charge in [-0.2, -0.15) is 5.10 Å². The molecule has 0 radical (unpaired) electrons. The van der Waals surface area contributed by atoms with Crippen LogP contribution in [0.25, 0.3) is 21.9 Å². The molecule has 3 aromatic heterocycles. The number of rotatable bonds is 4. The number of hydrogen-bond acceptors (Lipinski definition) is 5. The Balaban J connectivity index is 1.52. The lowest BCUT2D eigenvalue weighted by Crippen LogP contribution is -2.12. The molecular formula is C18H15N5O2. The Labute approximate surface area is 142 Å². The number of aromatic nitrogens is 4. The predicted octanol–water partition coefficient (Wildman–Crippen LogP) is 3.23. The summed E-state index contributed by atoms with van der Waals surface area (Å²) < 4.78 is 7.16. The van der Waals surface area contributed by atoms with E-state index in [-0.39, 0.29) is 11.7 Å². The summed E-state index contributed by atoms with van der Waals surface area (Å²) >= 11 is 0. The summed E-state index contributed by atoms with van der Waals surface area (Å²) in [5, 5.41) is 12.8. The van der Waals surface area contributed by atoms with E-state index in [9.17, 15) is 4.79 Å². The minimum absolute atomic E-state index is 0.143. The highest BCUT2D eigenvalue weighted by Gasteiger charge is 2.25. The second-order valence-electron chi connectivity index (χ2n) is 6.33. The molecule has 1 saturated carbocycles. The lowest BCUT2D eigenvalue weighted by molar-refractivity contribution is 0.0990. The van der Waals surface area contributed by atoms with Crippen LogP contribution in [-0.4, -0.2) is 25.8 Å². The van der Waals surface area contributed by atoms with Crippen LogP contribution in [0.3, 0.4) is 0 Å². The smallest absolute Gasteiger partial charge is 0.296 e. The highest BCUT2D eigenvalue weighted by Crippen LogP contribution is 2.33. The molecule has 25 heavy (non-hydrogen) atoms. The topological polar surface area (TPSA) is 85.8 Å². The fourth-order valence-electron chi connectivity index (χ4n) is 3.02. The number of fused-ring (bicyclic) bond motifs is 2. The molecule has 5 rings (SSSR count). The summed E-state index contributed by atoms with van der Waals surface area (Å²) in [4.78, 5) is 16.7. The van der Waals surface area contributed by atoms with Gasteiger partial charge in [0.15, 0.2) is 5.82 Å². The second kappa shape index (κ2) is 5.41. The standard InChI is InChI=1S/C18H15N5O2/c24-18(15-13-5-3-9-19-16(13)22-25-15)20-17-12-4-1-2-6-14(12)23(21-17)10-11-7-8-11/h1-6,9,11H,7-8,10H2,(H,20,21,24). The predicted molar refractivity (Wildman–Crippen MR) is 92.2 cm³/mol. The van der Waals surface area contributed by atoms with Gasteiger partial charge in [0.2, 0.25) is 11.4 Å². The van der Waals surface area contributed by atoms with Gasteiger partial charge < -0.3 is 9.84 Å². The summed E-state index contributed by atoms with van der Waals surface area (Å²) in [6, 6.07) is 11.4. The van der Waals surface area contributed by atoms with Crippen LogP contribution >= 0.6 is 0 Å². The number of nitrogens with zero attached hydrogens (tertiary/aromatic N) is 4. The van der Waals surface area contributed by atoms with Crippen LogP contribution in [0.2, 0.25) is 0 Å². The Morgan fingerprint density at radius 2 is 2.04 bits per heavy atom. The zero-order valence-corrected chi connectivity index (χ0v) is 13.3. The summed E-state index contributed by atoms with van der Waals surface area (Å²) in [5.41, 5.74) is 1.44. The first-order chi connectivity index (χ1) is 12.3. The molecule has 124 valence electrons. The van der Waals surface area contributed by atoms with Crippen LogP contribution in [0.5, 0.6) is 0 Å². The van der Waals surface area contributed by atoms with E-state index in [1.54, 1.807) is 18.3 Å². The van der Waals surface area contributed by atoms with E-state index in [0.29, 0.717) is 22.8 Å². The Kier molecular flexibility index (Phi) is 3.06. The number of carbonyl (C=O) groups excluding carboxylic acids is 1. The number of amides is 1. The van der Waals surface area contributed by atoms with E-state index < -0.39 is 0 Å². The number of anilines is 1. The second-order valence-corrected chi connectivity index (χ2v) is 6.33. The molecule has 1 amide bonds. The van der Waals surface area contributed by atoms with Crippen molar-refractivity contribution in [2.75, 3.05) is 5.32 Å². The highest BCUT2D eigenvalue weighted by molar-refractivity contribution is 6.11. The fourth-order valence-corrected chi connectivity index (χ4v) is 3.02. The average Bonchev–Trinajstić information content (AvgIpc) is 3.25. The van der Waals surface area contributed by atoms with Gasteiger partial charge in [0, 0.05) is 18.1 Å². The Morgan fingerprint density at radius 1 is 1.20 bits per heavy atom. The van der Waals surface area contributed by atoms with Crippen molar-refractivity contribution in [1.82, 2.24) is 19.9 Å². The number of nitrogens with one attached hydrogen (secondary N) is 1. The van der Waals surface area contributed by atoms with Gasteiger partial charge in [-0.05, 0) is 43.0 Å². The Hall–Kier alpha value is -3.22. The quantitative estimate of drug-likeness (QED) is 0.619. The van der Waals surface area contributed by atoms with E-state index in [4.69, 9.17) is 4.52 Å². The summed E-state index contributed by atoms with van der Waals surface area (Å²) in [5.74, 6) is 0.993. The molecule has 1 fully saturated rings. The molecule has 3 heterocycles. The van der Waals surface area contributed by atoms with E-state index in [2.05, 4.69) is 20.6 Å². The SMILES string of the molecule is O=C(Nc1nn(CC2CC2)c2ccccc12)c1onc2ncccc12. The van der Waals surface area contributed by atoms with Crippen LogP contribution in [-0.2, 0) is 6.54 Å². The molecule has 0 aliphatic heterocycles. The first-order valence-corrected chi connectivity index (χ1v) is 8.27. The summed E-state index contributed by atoms with van der Waals surface area (Å²) in [6.45, 7) is 0.880. The third kappa shape index (κ3) is 2.44. The molecule has 4 aromatic rings. The van der Waals surface area contributed by atoms with E-state index in [1.165, 1.54) is 12.8 Å². The number of benzene rings is 1. The van der Waals surface area contributed by atoms with Crippen molar-refractivity contribution in [2.45, 2.75) is 19.4 Å². The van der Waals surface area contributed by atoms with Gasteiger partial charge in [0.1, 0.15) is 0 Å². The van der Waals surface area contributed by atoms with Gasteiger partial charge >= 0.3 is 0 Å². The van der Waals surface area contributed by atoms with Crippen molar-refractivity contribution in [3.05, 3.63) is 48.4 Å². The molecule has 7 nitrogen and oxygen atoms in total. The first kappa shape index (κ1) is 14.2. The molecule has 0 bridgehead atoms. The summed E-state index contributed by atoms with van der Waals surface area (Å²) in [7, 11) is 0. The maximum Gasteiger partial charge on any atom is 0.296 e. The molecule has 0 atom stereocenters. The zero-order chi connectivity index (χ0) is 16.8. The first-order valence-electron chi connectivity index (χ1n) is 8.27. The normalized spacial score (nSPS) is 14.2. The third-order valence-corrected chi connectivity index (χ3v) is 4.48. The van der Waals surface area contributed by atoms with Crippen LogP contribution in [0, 0.1) is 5.92 Å². The van der Waals surface area contributed by atoms with Gasteiger partial charge in [-0.3, -0.25) is 9.48 Å². The van der Waals surface area contributed by atoms with Crippen LogP contribution < -0.4 is 5.32 Å². The number of hydrogen-bond donors (Lipinski definition) is 1.